The molecule has 21 heavy (non-hydrogen) atoms. The van der Waals surface area contributed by atoms with E-state index in [0.717, 1.165) is 12.1 Å². The van der Waals surface area contributed by atoms with Crippen LogP contribution in [0.15, 0.2) is 28.4 Å². The van der Waals surface area contributed by atoms with Gasteiger partial charge in [-0.05, 0) is 23.6 Å². The van der Waals surface area contributed by atoms with E-state index in [1.165, 1.54) is 11.3 Å². The minimum Gasteiger partial charge on any atom is -0.375 e. The van der Waals surface area contributed by atoms with Crippen LogP contribution in [-0.4, -0.2) is 9.97 Å². The van der Waals surface area contributed by atoms with Crippen LogP contribution in [-0.2, 0) is 6.54 Å². The Kier molecular flexibility index (Phi) is 3.84. The van der Waals surface area contributed by atoms with Gasteiger partial charge in [0.1, 0.15) is 16.3 Å². The number of halogens is 3. The number of nitrogens with one attached hydrogen (secondary N) is 2. The fourth-order valence-corrected chi connectivity index (χ4v) is 3.21. The summed E-state index contributed by atoms with van der Waals surface area (Å²) in [5.41, 5.74) is 0.841. The van der Waals surface area contributed by atoms with Crippen molar-refractivity contribution in [2.45, 2.75) is 6.54 Å². The molecule has 3 rings (SSSR count). The standard InChI is InChI=1S/C13H8Cl2FN3OS/c14-7-3-6(16)4-8(15)11(7)17-5-10-18-9-1-2-21-12(9)13(20)19-10/h1-4,17H,5H2,(H,18,19,20). The van der Waals surface area contributed by atoms with Gasteiger partial charge in [-0.3, -0.25) is 4.79 Å². The molecule has 4 nitrogen and oxygen atoms in total. The molecule has 3 aromatic rings. The monoisotopic (exact) mass is 343 g/mol. The summed E-state index contributed by atoms with van der Waals surface area (Å²) < 4.78 is 13.7. The van der Waals surface area contributed by atoms with Crippen LogP contribution in [0, 0.1) is 5.82 Å². The van der Waals surface area contributed by atoms with Gasteiger partial charge in [-0.1, -0.05) is 23.2 Å². The maximum Gasteiger partial charge on any atom is 0.268 e. The largest absolute Gasteiger partial charge is 0.375 e. The highest BCUT2D eigenvalue weighted by molar-refractivity contribution is 7.17. The second-order valence-electron chi connectivity index (χ2n) is 4.25. The van der Waals surface area contributed by atoms with Crippen LogP contribution in [0.4, 0.5) is 10.1 Å². The summed E-state index contributed by atoms with van der Waals surface area (Å²) in [7, 11) is 0. The van der Waals surface area contributed by atoms with E-state index in [4.69, 9.17) is 23.2 Å². The number of nitrogens with zero attached hydrogens (tertiary/aromatic N) is 1. The van der Waals surface area contributed by atoms with Crippen LogP contribution in [0.1, 0.15) is 5.82 Å². The average Bonchev–Trinajstić information content (AvgIpc) is 2.86. The molecule has 0 aliphatic heterocycles. The molecule has 0 amide bonds. The van der Waals surface area contributed by atoms with Gasteiger partial charge in [-0.15, -0.1) is 11.3 Å². The first-order valence-electron chi connectivity index (χ1n) is 5.89. The van der Waals surface area contributed by atoms with Crippen LogP contribution < -0.4 is 10.9 Å². The van der Waals surface area contributed by atoms with Gasteiger partial charge in [0.15, 0.2) is 0 Å². The van der Waals surface area contributed by atoms with Crippen molar-refractivity contribution in [2.24, 2.45) is 0 Å². The number of fused-ring (bicyclic) bond motifs is 1. The summed E-state index contributed by atoms with van der Waals surface area (Å²) in [5.74, 6) is -0.0656. The van der Waals surface area contributed by atoms with Gasteiger partial charge >= 0.3 is 0 Å². The highest BCUT2D eigenvalue weighted by atomic mass is 35.5. The fourth-order valence-electron chi connectivity index (χ4n) is 1.89. The summed E-state index contributed by atoms with van der Waals surface area (Å²) >= 11 is 13.2. The maximum atomic E-state index is 13.1. The molecule has 0 saturated heterocycles. The van der Waals surface area contributed by atoms with Crippen LogP contribution in [0.25, 0.3) is 10.2 Å². The Morgan fingerprint density at radius 1 is 1.33 bits per heavy atom. The number of hydrogen-bond acceptors (Lipinski definition) is 4. The van der Waals surface area contributed by atoms with Gasteiger partial charge in [0, 0.05) is 0 Å². The van der Waals surface area contributed by atoms with Crippen molar-refractivity contribution in [3.8, 4) is 0 Å². The van der Waals surface area contributed by atoms with Gasteiger partial charge in [0.05, 0.1) is 27.8 Å². The molecule has 8 heteroatoms. The van der Waals surface area contributed by atoms with E-state index in [-0.39, 0.29) is 22.1 Å². The Bertz CT molecular complexity index is 854. The molecule has 2 aromatic heterocycles. The van der Waals surface area contributed by atoms with Crippen LogP contribution >= 0.6 is 34.5 Å². The number of aromatic amines is 1. The molecule has 0 atom stereocenters. The van der Waals surface area contributed by atoms with Crippen LogP contribution in [0.2, 0.25) is 10.0 Å². The number of aromatic nitrogens is 2. The van der Waals surface area contributed by atoms with Crippen molar-refractivity contribution in [2.75, 3.05) is 5.32 Å². The van der Waals surface area contributed by atoms with E-state index in [0.29, 0.717) is 21.7 Å². The highest BCUT2D eigenvalue weighted by Gasteiger charge is 2.10. The molecule has 0 spiro atoms. The second kappa shape index (κ2) is 5.63. The summed E-state index contributed by atoms with van der Waals surface area (Å²) in [5, 5.41) is 5.08. The Balaban J connectivity index is 1.88. The molecule has 0 aliphatic rings. The van der Waals surface area contributed by atoms with Crippen molar-refractivity contribution in [3.05, 3.63) is 55.6 Å². The Morgan fingerprint density at radius 3 is 2.76 bits per heavy atom. The van der Waals surface area contributed by atoms with Gasteiger partial charge in [-0.25, -0.2) is 9.37 Å². The Labute approximate surface area is 132 Å². The lowest BCUT2D eigenvalue weighted by Crippen LogP contribution is -2.13. The van der Waals surface area contributed by atoms with Crippen LogP contribution in [0.3, 0.4) is 0 Å². The molecule has 0 aliphatic carbocycles. The first-order valence-corrected chi connectivity index (χ1v) is 7.53. The fraction of sp³-hybridized carbons (Fsp3) is 0.0769. The SMILES string of the molecule is O=c1[nH]c(CNc2c(Cl)cc(F)cc2Cl)nc2ccsc12. The van der Waals surface area contributed by atoms with Crippen molar-refractivity contribution in [1.29, 1.82) is 0 Å². The number of anilines is 1. The third-order valence-corrected chi connectivity index (χ3v) is 4.30. The average molecular weight is 344 g/mol. The molecule has 0 saturated carbocycles. The topological polar surface area (TPSA) is 57.8 Å². The quantitative estimate of drug-likeness (QED) is 0.754. The van der Waals surface area contributed by atoms with Gasteiger partial charge in [0.2, 0.25) is 0 Å². The lowest BCUT2D eigenvalue weighted by Gasteiger charge is -2.10. The third-order valence-electron chi connectivity index (χ3n) is 2.80. The number of benzene rings is 1. The van der Waals surface area contributed by atoms with E-state index in [1.807, 2.05) is 0 Å². The zero-order valence-corrected chi connectivity index (χ0v) is 12.7. The number of H-pyrrole nitrogens is 1. The van der Waals surface area contributed by atoms with Gasteiger partial charge in [-0.2, -0.15) is 0 Å². The smallest absolute Gasteiger partial charge is 0.268 e. The first kappa shape index (κ1) is 14.3. The molecule has 0 radical (unpaired) electrons. The molecule has 1 aromatic carbocycles. The maximum absolute atomic E-state index is 13.1. The highest BCUT2D eigenvalue weighted by Crippen LogP contribution is 2.31. The second-order valence-corrected chi connectivity index (χ2v) is 5.98. The van der Waals surface area contributed by atoms with Crippen molar-refractivity contribution in [1.82, 2.24) is 9.97 Å². The van der Waals surface area contributed by atoms with Gasteiger partial charge < -0.3 is 10.3 Å². The molecular formula is C13H8Cl2FN3OS. The van der Waals surface area contributed by atoms with Crippen LogP contribution in [0.5, 0.6) is 0 Å². The summed E-state index contributed by atoms with van der Waals surface area (Å²) in [6, 6.07) is 4.10. The number of thiophene rings is 1. The van der Waals surface area contributed by atoms with E-state index in [2.05, 4.69) is 15.3 Å². The minimum absolute atomic E-state index is 0.166. The number of hydrogen-bond donors (Lipinski definition) is 2. The lowest BCUT2D eigenvalue weighted by atomic mass is 10.3. The summed E-state index contributed by atoms with van der Waals surface area (Å²) in [4.78, 5) is 18.8. The lowest BCUT2D eigenvalue weighted by molar-refractivity contribution is 0.628. The molecule has 0 bridgehead atoms. The first-order chi connectivity index (χ1) is 10.0. The molecule has 2 N–H and O–H groups in total. The summed E-state index contributed by atoms with van der Waals surface area (Å²) in [6.07, 6.45) is 0. The van der Waals surface area contributed by atoms with E-state index in [9.17, 15) is 9.18 Å². The molecular weight excluding hydrogens is 336 g/mol. The van der Waals surface area contributed by atoms with Gasteiger partial charge in [0.25, 0.3) is 5.56 Å². The normalized spacial score (nSPS) is 11.0. The van der Waals surface area contributed by atoms with Crippen molar-refractivity contribution in [3.63, 3.8) is 0 Å². The predicted octanol–water partition coefficient (Wildman–Crippen LogP) is 4.04. The number of rotatable bonds is 3. The predicted molar refractivity (Wildman–Crippen MR) is 84.0 cm³/mol. The summed E-state index contributed by atoms with van der Waals surface area (Å²) in [6.45, 7) is 0.214. The molecule has 0 unspecified atom stereocenters. The zero-order chi connectivity index (χ0) is 15.0. The van der Waals surface area contributed by atoms with Crippen molar-refractivity contribution < 1.29 is 4.39 Å². The van der Waals surface area contributed by atoms with E-state index in [1.54, 1.807) is 11.4 Å². The molecule has 108 valence electrons. The Morgan fingerprint density at radius 2 is 2.05 bits per heavy atom. The third kappa shape index (κ3) is 2.88. The van der Waals surface area contributed by atoms with Crippen molar-refractivity contribution >= 4 is 50.4 Å². The Hall–Kier alpha value is -1.63. The molecule has 0 fully saturated rings. The van der Waals surface area contributed by atoms with E-state index >= 15 is 0 Å². The minimum atomic E-state index is -0.512. The molecule has 2 heterocycles. The zero-order valence-electron chi connectivity index (χ0n) is 10.4. The van der Waals surface area contributed by atoms with E-state index < -0.39 is 5.82 Å².